The lowest BCUT2D eigenvalue weighted by Gasteiger charge is -2.33. The molecule has 0 spiro atoms. The highest BCUT2D eigenvalue weighted by molar-refractivity contribution is 6.37. The Bertz CT molecular complexity index is 693. The number of furan rings is 1. The molecular formula is C15H16Cl2N2O3. The van der Waals surface area contributed by atoms with E-state index >= 15 is 0 Å². The van der Waals surface area contributed by atoms with Crippen LogP contribution in [0.5, 0.6) is 0 Å². The number of halogens is 2. The molecule has 0 saturated carbocycles. The summed E-state index contributed by atoms with van der Waals surface area (Å²) < 4.78 is 5.80. The first-order valence-electron chi connectivity index (χ1n) is 7.06. The van der Waals surface area contributed by atoms with Crippen molar-refractivity contribution in [3.8, 4) is 0 Å². The number of piperazine rings is 1. The molecule has 0 aliphatic carbocycles. The Hall–Kier alpha value is -1.27. The van der Waals surface area contributed by atoms with Crippen molar-refractivity contribution in [1.29, 1.82) is 0 Å². The zero-order valence-corrected chi connectivity index (χ0v) is 13.4. The number of nitrogens with zero attached hydrogens (tertiary/aromatic N) is 2. The predicted octanol–water partition coefficient (Wildman–Crippen LogP) is 2.38. The van der Waals surface area contributed by atoms with Gasteiger partial charge in [-0.3, -0.25) is 9.69 Å². The molecule has 1 aliphatic rings. The monoisotopic (exact) mass is 342 g/mol. The van der Waals surface area contributed by atoms with E-state index in [4.69, 9.17) is 32.7 Å². The van der Waals surface area contributed by atoms with Crippen molar-refractivity contribution in [2.24, 2.45) is 0 Å². The van der Waals surface area contributed by atoms with Crippen LogP contribution in [0.25, 0.3) is 11.0 Å². The molecule has 1 aliphatic heterocycles. The lowest BCUT2D eigenvalue weighted by atomic mass is 10.2. The molecule has 3 rings (SSSR count). The summed E-state index contributed by atoms with van der Waals surface area (Å²) in [5.41, 5.74) is 0.721. The standard InChI is InChI=1S/C15H16Cl2N2O3/c16-10-1-2-12-11(7-10)15(17)13(22-12)8-18-3-5-19(6-4-18)14(21)9-20/h1-2,7,20H,3-6,8-9H2. The highest BCUT2D eigenvalue weighted by Gasteiger charge is 2.22. The lowest BCUT2D eigenvalue weighted by molar-refractivity contribution is -0.136. The minimum Gasteiger partial charge on any atom is -0.458 e. The topological polar surface area (TPSA) is 56.9 Å². The normalized spacial score (nSPS) is 16.4. The fourth-order valence-electron chi connectivity index (χ4n) is 2.65. The highest BCUT2D eigenvalue weighted by atomic mass is 35.5. The number of carbonyl (C=O) groups is 1. The summed E-state index contributed by atoms with van der Waals surface area (Å²) in [5, 5.41) is 10.9. The minimum atomic E-state index is -0.434. The molecule has 1 saturated heterocycles. The van der Waals surface area contributed by atoms with Gasteiger partial charge in [0, 0.05) is 36.6 Å². The molecule has 0 atom stereocenters. The van der Waals surface area contributed by atoms with Gasteiger partial charge in [-0.2, -0.15) is 0 Å². The average Bonchev–Trinajstić information content (AvgIpc) is 2.83. The van der Waals surface area contributed by atoms with Crippen LogP contribution in [0.15, 0.2) is 22.6 Å². The number of aliphatic hydroxyl groups excluding tert-OH is 1. The summed E-state index contributed by atoms with van der Waals surface area (Å²) in [6, 6.07) is 5.38. The van der Waals surface area contributed by atoms with E-state index in [-0.39, 0.29) is 5.91 Å². The minimum absolute atomic E-state index is 0.226. The van der Waals surface area contributed by atoms with Crippen LogP contribution in [-0.4, -0.2) is 53.6 Å². The number of aliphatic hydroxyl groups is 1. The summed E-state index contributed by atoms with van der Waals surface area (Å²) in [6.07, 6.45) is 0. The van der Waals surface area contributed by atoms with Crippen molar-refractivity contribution in [3.63, 3.8) is 0 Å². The van der Waals surface area contributed by atoms with Gasteiger partial charge in [0.25, 0.3) is 0 Å². The Morgan fingerprint density at radius 1 is 1.23 bits per heavy atom. The molecule has 0 unspecified atom stereocenters. The van der Waals surface area contributed by atoms with Gasteiger partial charge in [-0.05, 0) is 18.2 Å². The second-order valence-electron chi connectivity index (χ2n) is 5.29. The number of hydrogen-bond acceptors (Lipinski definition) is 4. The Balaban J connectivity index is 1.70. The fraction of sp³-hybridized carbons (Fsp3) is 0.400. The largest absolute Gasteiger partial charge is 0.458 e. The van der Waals surface area contributed by atoms with Gasteiger partial charge in [-0.25, -0.2) is 0 Å². The van der Waals surface area contributed by atoms with E-state index in [0.29, 0.717) is 35.4 Å². The van der Waals surface area contributed by atoms with Crippen molar-refractivity contribution in [3.05, 3.63) is 34.0 Å². The summed E-state index contributed by atoms with van der Waals surface area (Å²) in [6.45, 7) is 2.80. The second kappa shape index (κ2) is 6.46. The highest BCUT2D eigenvalue weighted by Crippen LogP contribution is 2.33. The van der Waals surface area contributed by atoms with Crippen molar-refractivity contribution in [2.75, 3.05) is 32.8 Å². The maximum absolute atomic E-state index is 11.4. The van der Waals surface area contributed by atoms with Gasteiger partial charge in [-0.15, -0.1) is 0 Å². The van der Waals surface area contributed by atoms with E-state index in [1.54, 1.807) is 17.0 Å². The fourth-order valence-corrected chi connectivity index (χ4v) is 3.07. The number of fused-ring (bicyclic) bond motifs is 1. The first kappa shape index (κ1) is 15.6. The molecule has 22 heavy (non-hydrogen) atoms. The Morgan fingerprint density at radius 2 is 1.95 bits per heavy atom. The van der Waals surface area contributed by atoms with Crippen LogP contribution in [0.2, 0.25) is 10.0 Å². The van der Waals surface area contributed by atoms with Crippen LogP contribution in [0.1, 0.15) is 5.76 Å². The van der Waals surface area contributed by atoms with E-state index in [2.05, 4.69) is 4.90 Å². The molecule has 2 heterocycles. The zero-order chi connectivity index (χ0) is 15.7. The van der Waals surface area contributed by atoms with Crippen molar-refractivity contribution in [2.45, 2.75) is 6.54 Å². The van der Waals surface area contributed by atoms with E-state index < -0.39 is 6.61 Å². The average molecular weight is 343 g/mol. The molecule has 118 valence electrons. The zero-order valence-electron chi connectivity index (χ0n) is 11.9. The summed E-state index contributed by atoms with van der Waals surface area (Å²) in [4.78, 5) is 15.3. The van der Waals surface area contributed by atoms with Gasteiger partial charge >= 0.3 is 0 Å². The third kappa shape index (κ3) is 3.08. The maximum Gasteiger partial charge on any atom is 0.248 e. The molecule has 1 N–H and O–H groups in total. The van der Waals surface area contributed by atoms with Crippen LogP contribution in [0.3, 0.4) is 0 Å². The molecule has 1 aromatic heterocycles. The molecular weight excluding hydrogens is 327 g/mol. The molecule has 2 aromatic rings. The second-order valence-corrected chi connectivity index (χ2v) is 6.11. The van der Waals surface area contributed by atoms with Crippen LogP contribution in [-0.2, 0) is 11.3 Å². The number of hydrogen-bond donors (Lipinski definition) is 1. The van der Waals surface area contributed by atoms with Gasteiger partial charge in [0.1, 0.15) is 18.0 Å². The summed E-state index contributed by atoms with van der Waals surface area (Å²) in [7, 11) is 0. The summed E-state index contributed by atoms with van der Waals surface area (Å²) >= 11 is 12.4. The van der Waals surface area contributed by atoms with Gasteiger partial charge in [0.2, 0.25) is 5.91 Å². The van der Waals surface area contributed by atoms with Crippen LogP contribution in [0.4, 0.5) is 0 Å². The van der Waals surface area contributed by atoms with Gasteiger partial charge < -0.3 is 14.4 Å². The van der Waals surface area contributed by atoms with Crippen LogP contribution >= 0.6 is 23.2 Å². The smallest absolute Gasteiger partial charge is 0.248 e. The lowest BCUT2D eigenvalue weighted by Crippen LogP contribution is -2.49. The number of amides is 1. The molecule has 7 heteroatoms. The van der Waals surface area contributed by atoms with E-state index in [1.165, 1.54) is 0 Å². The third-order valence-corrected chi connectivity index (χ3v) is 4.53. The van der Waals surface area contributed by atoms with E-state index in [0.717, 1.165) is 24.1 Å². The SMILES string of the molecule is O=C(CO)N1CCN(Cc2oc3ccc(Cl)cc3c2Cl)CC1. The van der Waals surface area contributed by atoms with Crippen LogP contribution < -0.4 is 0 Å². The van der Waals surface area contributed by atoms with Gasteiger partial charge in [0.05, 0.1) is 11.6 Å². The molecule has 1 aromatic carbocycles. The first-order chi connectivity index (χ1) is 10.6. The third-order valence-electron chi connectivity index (χ3n) is 3.88. The summed E-state index contributed by atoms with van der Waals surface area (Å²) in [5.74, 6) is 0.483. The molecule has 1 fully saturated rings. The number of rotatable bonds is 3. The van der Waals surface area contributed by atoms with E-state index in [9.17, 15) is 4.79 Å². The first-order valence-corrected chi connectivity index (χ1v) is 7.81. The Labute approximate surface area is 138 Å². The number of benzene rings is 1. The Kier molecular flexibility index (Phi) is 4.59. The maximum atomic E-state index is 11.4. The molecule has 0 radical (unpaired) electrons. The molecule has 5 nitrogen and oxygen atoms in total. The number of carbonyl (C=O) groups excluding carboxylic acids is 1. The quantitative estimate of drug-likeness (QED) is 0.930. The van der Waals surface area contributed by atoms with Crippen molar-refractivity contribution >= 4 is 40.1 Å². The predicted molar refractivity (Wildman–Crippen MR) is 85.2 cm³/mol. The van der Waals surface area contributed by atoms with Crippen LogP contribution in [0, 0.1) is 0 Å². The van der Waals surface area contributed by atoms with Crippen molar-refractivity contribution in [1.82, 2.24) is 9.80 Å². The van der Waals surface area contributed by atoms with Crippen molar-refractivity contribution < 1.29 is 14.3 Å². The van der Waals surface area contributed by atoms with Gasteiger partial charge in [-0.1, -0.05) is 23.2 Å². The molecule has 1 amide bonds. The Morgan fingerprint density at radius 3 is 2.64 bits per heavy atom. The van der Waals surface area contributed by atoms with Gasteiger partial charge in [0.15, 0.2) is 0 Å². The molecule has 0 bridgehead atoms. The van der Waals surface area contributed by atoms with E-state index in [1.807, 2.05) is 6.07 Å².